The van der Waals surface area contributed by atoms with E-state index in [2.05, 4.69) is 5.32 Å². The van der Waals surface area contributed by atoms with E-state index in [0.717, 1.165) is 0 Å². The van der Waals surface area contributed by atoms with Crippen molar-refractivity contribution in [1.82, 2.24) is 0 Å². The number of rotatable bonds is 5. The maximum atomic E-state index is 13.2. The van der Waals surface area contributed by atoms with Crippen molar-refractivity contribution >= 4 is 23.5 Å². The van der Waals surface area contributed by atoms with Crippen LogP contribution in [0.4, 0.5) is 5.69 Å². The molecule has 2 aliphatic rings. The fourth-order valence-electron chi connectivity index (χ4n) is 3.58. The van der Waals surface area contributed by atoms with Crippen LogP contribution in [0, 0.1) is 11.3 Å². The molecule has 0 radical (unpaired) electrons. The second-order valence-electron chi connectivity index (χ2n) is 6.20. The number of carbonyl (C=O) groups is 3. The van der Waals surface area contributed by atoms with Gasteiger partial charge in [-0.1, -0.05) is 18.2 Å². The summed E-state index contributed by atoms with van der Waals surface area (Å²) in [7, 11) is 0. The summed E-state index contributed by atoms with van der Waals surface area (Å²) >= 11 is 0. The van der Waals surface area contributed by atoms with Crippen molar-refractivity contribution in [1.29, 1.82) is 5.26 Å². The molecular weight excluding hydrogens is 378 g/mol. The van der Waals surface area contributed by atoms with Gasteiger partial charge in [0.25, 0.3) is 0 Å². The Morgan fingerprint density at radius 1 is 1.24 bits per heavy atom. The van der Waals surface area contributed by atoms with Crippen LogP contribution in [-0.4, -0.2) is 31.1 Å². The summed E-state index contributed by atoms with van der Waals surface area (Å²) < 4.78 is 15.6. The number of hydrogen-bond donors (Lipinski definition) is 2. The van der Waals surface area contributed by atoms with E-state index >= 15 is 0 Å². The first kappa shape index (κ1) is 19.9. The number of anilines is 1. The molecule has 1 spiro atoms. The molecule has 1 amide bonds. The van der Waals surface area contributed by atoms with Crippen LogP contribution in [0.1, 0.15) is 25.8 Å². The van der Waals surface area contributed by atoms with Crippen molar-refractivity contribution in [3.8, 4) is 6.07 Å². The summed E-state index contributed by atoms with van der Waals surface area (Å²) in [6.07, 6.45) is -0.460. The van der Waals surface area contributed by atoms with E-state index in [1.165, 1.54) is 0 Å². The third-order valence-corrected chi connectivity index (χ3v) is 4.63. The second kappa shape index (κ2) is 7.67. The number of para-hydroxylation sites is 1. The molecule has 0 saturated carbocycles. The average Bonchev–Trinajstić information content (AvgIpc) is 2.95. The molecule has 1 aromatic rings. The van der Waals surface area contributed by atoms with Gasteiger partial charge in [0.2, 0.25) is 11.8 Å². The summed E-state index contributed by atoms with van der Waals surface area (Å²) in [4.78, 5) is 38.3. The minimum Gasteiger partial charge on any atom is -0.466 e. The van der Waals surface area contributed by atoms with Crippen molar-refractivity contribution < 1.29 is 28.6 Å². The van der Waals surface area contributed by atoms with E-state index in [0.29, 0.717) is 11.3 Å². The molecule has 0 aromatic heterocycles. The molecule has 0 fully saturated rings. The highest BCUT2D eigenvalue weighted by Gasteiger charge is 2.60. The Kier molecular flexibility index (Phi) is 5.28. The van der Waals surface area contributed by atoms with E-state index in [1.54, 1.807) is 38.1 Å². The normalized spacial score (nSPS) is 20.0. The van der Waals surface area contributed by atoms with Gasteiger partial charge in [-0.2, -0.15) is 5.26 Å². The predicted octanol–water partition coefficient (Wildman–Crippen LogP) is 1.37. The summed E-state index contributed by atoms with van der Waals surface area (Å²) in [6, 6.07) is 8.49. The Hall–Kier alpha value is -3.80. The summed E-state index contributed by atoms with van der Waals surface area (Å²) in [5.74, 6) is -2.79. The number of carbonyl (C=O) groups excluding carboxylic acids is 3. The summed E-state index contributed by atoms with van der Waals surface area (Å²) in [6.45, 7) is 3.35. The van der Waals surface area contributed by atoms with Crippen molar-refractivity contribution in [3.63, 3.8) is 0 Å². The standard InChI is InChI=1S/C20H19N3O6/c1-3-27-15(24)9-14-16(18(25)28-4-2)20(12(10-21)17(22)29-14)11-7-5-6-8-13(11)23-19(20)26/h5-8H,3-4,9,22H2,1-2H3,(H,23,26)/t20-/m0/s1. The van der Waals surface area contributed by atoms with Crippen LogP contribution < -0.4 is 11.1 Å². The van der Waals surface area contributed by atoms with Crippen LogP contribution in [0.15, 0.2) is 47.1 Å². The molecule has 29 heavy (non-hydrogen) atoms. The third kappa shape index (κ3) is 2.99. The molecule has 2 heterocycles. The fourth-order valence-corrected chi connectivity index (χ4v) is 3.58. The molecule has 9 heteroatoms. The summed E-state index contributed by atoms with van der Waals surface area (Å²) in [5.41, 5.74) is 4.31. The van der Waals surface area contributed by atoms with Gasteiger partial charge in [0.05, 0.1) is 13.2 Å². The van der Waals surface area contributed by atoms with E-state index in [9.17, 15) is 19.6 Å². The Labute approximate surface area is 166 Å². The van der Waals surface area contributed by atoms with E-state index in [4.69, 9.17) is 19.9 Å². The Morgan fingerprint density at radius 2 is 1.93 bits per heavy atom. The third-order valence-electron chi connectivity index (χ3n) is 4.63. The fraction of sp³-hybridized carbons (Fsp3) is 0.300. The molecule has 3 N–H and O–H groups in total. The maximum absolute atomic E-state index is 13.2. The number of fused-ring (bicyclic) bond motifs is 2. The van der Waals surface area contributed by atoms with Crippen LogP contribution in [-0.2, 0) is 34.0 Å². The molecule has 150 valence electrons. The smallest absolute Gasteiger partial charge is 0.339 e. The second-order valence-corrected chi connectivity index (χ2v) is 6.20. The number of ether oxygens (including phenoxy) is 3. The molecule has 1 aromatic carbocycles. The van der Waals surface area contributed by atoms with Crippen LogP contribution >= 0.6 is 0 Å². The van der Waals surface area contributed by atoms with Crippen molar-refractivity contribution in [2.75, 3.05) is 18.5 Å². The zero-order chi connectivity index (χ0) is 21.2. The largest absolute Gasteiger partial charge is 0.466 e. The SMILES string of the molecule is CCOC(=O)CC1=C(C(=O)OCC)[C@@]2(C(=O)Nc3ccccc32)C(C#N)=C(N)O1. The van der Waals surface area contributed by atoms with Gasteiger partial charge in [-0.05, 0) is 19.9 Å². The Morgan fingerprint density at radius 3 is 2.59 bits per heavy atom. The molecule has 0 aliphatic carbocycles. The molecule has 0 unspecified atom stereocenters. The first-order chi connectivity index (χ1) is 13.9. The first-order valence-electron chi connectivity index (χ1n) is 8.97. The lowest BCUT2D eigenvalue weighted by Gasteiger charge is -2.34. The lowest BCUT2D eigenvalue weighted by atomic mass is 9.68. The number of nitriles is 1. The van der Waals surface area contributed by atoms with Gasteiger partial charge in [0.1, 0.15) is 29.4 Å². The molecule has 0 saturated heterocycles. The highest BCUT2D eigenvalue weighted by atomic mass is 16.5. The number of benzene rings is 1. The average molecular weight is 397 g/mol. The zero-order valence-corrected chi connectivity index (χ0v) is 15.9. The number of esters is 2. The molecular formula is C20H19N3O6. The van der Waals surface area contributed by atoms with E-state index in [-0.39, 0.29) is 36.0 Å². The highest BCUT2D eigenvalue weighted by Crippen LogP contribution is 2.52. The molecule has 3 rings (SSSR count). The first-order valence-corrected chi connectivity index (χ1v) is 8.97. The number of nitrogens with zero attached hydrogens (tertiary/aromatic N) is 1. The zero-order valence-electron chi connectivity index (χ0n) is 15.9. The van der Waals surface area contributed by atoms with Crippen molar-refractivity contribution in [2.24, 2.45) is 5.73 Å². The van der Waals surface area contributed by atoms with Crippen molar-refractivity contribution in [3.05, 3.63) is 52.6 Å². The predicted molar refractivity (Wildman–Crippen MR) is 99.6 cm³/mol. The van der Waals surface area contributed by atoms with Gasteiger partial charge in [-0.25, -0.2) is 4.79 Å². The van der Waals surface area contributed by atoms with Crippen LogP contribution in [0.2, 0.25) is 0 Å². The minimum atomic E-state index is -1.89. The summed E-state index contributed by atoms with van der Waals surface area (Å²) in [5, 5.41) is 12.5. The van der Waals surface area contributed by atoms with Gasteiger partial charge in [-0.3, -0.25) is 9.59 Å². The molecule has 2 aliphatic heterocycles. The topological polar surface area (TPSA) is 141 Å². The van der Waals surface area contributed by atoms with E-state index in [1.807, 2.05) is 6.07 Å². The van der Waals surface area contributed by atoms with Gasteiger partial charge in [0.15, 0.2) is 5.41 Å². The minimum absolute atomic E-state index is 0.00937. The van der Waals surface area contributed by atoms with Crippen LogP contribution in [0.3, 0.4) is 0 Å². The highest BCUT2D eigenvalue weighted by molar-refractivity contribution is 6.17. The maximum Gasteiger partial charge on any atom is 0.339 e. The number of nitrogens with one attached hydrogen (secondary N) is 1. The van der Waals surface area contributed by atoms with E-state index < -0.39 is 29.7 Å². The lowest BCUT2D eigenvalue weighted by molar-refractivity contribution is -0.143. The van der Waals surface area contributed by atoms with Crippen molar-refractivity contribution in [2.45, 2.75) is 25.7 Å². The number of nitrogens with two attached hydrogens (primary N) is 1. The van der Waals surface area contributed by atoms with Gasteiger partial charge >= 0.3 is 11.9 Å². The monoisotopic (exact) mass is 397 g/mol. The Bertz CT molecular complexity index is 1000. The Balaban J connectivity index is 2.34. The van der Waals surface area contributed by atoms with Crippen LogP contribution in [0.5, 0.6) is 0 Å². The lowest BCUT2D eigenvalue weighted by Crippen LogP contribution is -2.46. The number of amides is 1. The molecule has 0 bridgehead atoms. The van der Waals surface area contributed by atoms with Crippen LogP contribution in [0.25, 0.3) is 0 Å². The van der Waals surface area contributed by atoms with Gasteiger partial charge < -0.3 is 25.3 Å². The molecule has 1 atom stereocenters. The quantitative estimate of drug-likeness (QED) is 0.710. The van der Waals surface area contributed by atoms with Gasteiger partial charge in [0, 0.05) is 11.3 Å². The molecule has 9 nitrogen and oxygen atoms in total. The number of hydrogen-bond acceptors (Lipinski definition) is 8. The van der Waals surface area contributed by atoms with Gasteiger partial charge in [-0.15, -0.1) is 0 Å².